The Morgan fingerprint density at radius 1 is 0.366 bits per heavy atom. The van der Waals surface area contributed by atoms with Gasteiger partial charge in [-0.2, -0.15) is 0 Å². The summed E-state index contributed by atoms with van der Waals surface area (Å²) in [4.78, 5) is 85.0. The standard InChI is InChI=1S/C21H34N2O3.C20H30N2O5.C20H32N2O3.C15H22N2O3.C9H10O3.2ClH/c1-17-16-18(20(24)25-5)6-7-19(17)26-15-14-23-12-10-22(11-13-23)9-8-21(2,3)4;1-15-14-16(18(23)25-5)6-7-17(15)26-13-12-21-8-10-22(11-9-21)19(24)27-20(2,3)4;1-16-15-17(19(23)24)5-6-18(16)25-14-13-22-11-9-21(10-12-22)8-7-20(2,3)4;1-12-11-13(15(18)19-2)3-4-14(12)20-10-9-17-7-5-16-6-8-17;1-6-5-7(9(11)12-2)3-4-8(6)10;;/h6-7,16H,8-15H2,1-5H3;6-7,14H,8-13H2,1-5H3;5-6,15H,7-14H2,1-4H3,(H,23,24);3-4,11,16H,5-10H2,1-2H3;3-5,10H,1-2H3;2*1H. The van der Waals surface area contributed by atoms with E-state index in [2.05, 4.69) is 81.0 Å². The van der Waals surface area contributed by atoms with Crippen molar-refractivity contribution in [3.63, 3.8) is 0 Å². The fourth-order valence-corrected chi connectivity index (χ4v) is 12.0. The maximum atomic E-state index is 12.1. The van der Waals surface area contributed by atoms with Crippen molar-refractivity contribution < 1.29 is 81.6 Å². The van der Waals surface area contributed by atoms with E-state index in [1.54, 1.807) is 72.5 Å². The Hall–Kier alpha value is -7.98. The number of hydrogen-bond donors (Lipinski definition) is 3. The predicted octanol–water partition coefficient (Wildman–Crippen LogP) is 12.4. The van der Waals surface area contributed by atoms with Gasteiger partial charge < -0.3 is 72.9 Å². The Labute approximate surface area is 678 Å². The first-order valence-corrected chi connectivity index (χ1v) is 38.4. The molecule has 4 heterocycles. The molecule has 0 saturated carbocycles. The van der Waals surface area contributed by atoms with Gasteiger partial charge in [0.05, 0.1) is 56.3 Å². The molecule has 5 aromatic rings. The van der Waals surface area contributed by atoms with Crippen LogP contribution >= 0.6 is 24.8 Å². The van der Waals surface area contributed by atoms with Crippen LogP contribution in [0.1, 0.15) is 155 Å². The molecule has 5 aromatic carbocycles. The monoisotopic (exact) mass is 1600 g/mol. The third-order valence-corrected chi connectivity index (χ3v) is 19.0. The number of carboxylic acids is 1. The number of phenolic OH excluding ortho intramolecular Hbond substituents is 1. The van der Waals surface area contributed by atoms with E-state index in [1.165, 1.54) is 66.5 Å². The molecular formula is C85H130Cl2N8O17. The Kier molecular flexibility index (Phi) is 43.5. The topological polar surface area (TPSA) is 261 Å². The summed E-state index contributed by atoms with van der Waals surface area (Å²) < 4.78 is 47.5. The van der Waals surface area contributed by atoms with E-state index in [-0.39, 0.29) is 54.6 Å². The lowest BCUT2D eigenvalue weighted by Crippen LogP contribution is -2.50. The molecule has 0 unspecified atom stereocenters. The smallest absolute Gasteiger partial charge is 0.410 e. The average molecular weight is 1610 g/mol. The summed E-state index contributed by atoms with van der Waals surface area (Å²) in [5.74, 6) is 1.09. The van der Waals surface area contributed by atoms with Gasteiger partial charge in [0.1, 0.15) is 60.8 Å². The number of nitrogens with one attached hydrogen (secondary N) is 1. The molecule has 4 fully saturated rings. The summed E-state index contributed by atoms with van der Waals surface area (Å²) >= 11 is 0. The number of carbonyl (C=O) groups excluding carboxylic acids is 5. The van der Waals surface area contributed by atoms with Crippen LogP contribution in [-0.4, -0.2) is 285 Å². The highest BCUT2D eigenvalue weighted by Crippen LogP contribution is 2.26. The molecule has 9 rings (SSSR count). The molecule has 3 N–H and O–H groups in total. The number of carbonyl (C=O) groups is 6. The third kappa shape index (κ3) is 36.9. The third-order valence-electron chi connectivity index (χ3n) is 19.0. The van der Waals surface area contributed by atoms with Gasteiger partial charge in [-0.3, -0.25) is 19.6 Å². The highest BCUT2D eigenvalue weighted by Gasteiger charge is 2.27. The summed E-state index contributed by atoms with van der Waals surface area (Å²) in [7, 11) is 5.47. The Morgan fingerprint density at radius 2 is 0.625 bits per heavy atom. The first kappa shape index (κ1) is 98.2. The van der Waals surface area contributed by atoms with Gasteiger partial charge in [0.2, 0.25) is 0 Å². The van der Waals surface area contributed by atoms with E-state index < -0.39 is 17.5 Å². The van der Waals surface area contributed by atoms with Crippen LogP contribution in [0.3, 0.4) is 0 Å². The van der Waals surface area contributed by atoms with Crippen molar-refractivity contribution in [3.05, 3.63) is 147 Å². The number of methoxy groups -OCH3 is 4. The summed E-state index contributed by atoms with van der Waals surface area (Å²) in [6.45, 7) is 53.3. The van der Waals surface area contributed by atoms with Crippen LogP contribution in [0.5, 0.6) is 28.7 Å². The molecule has 0 aromatic heterocycles. The van der Waals surface area contributed by atoms with Crippen molar-refractivity contribution in [1.82, 2.24) is 39.6 Å². The van der Waals surface area contributed by atoms with Gasteiger partial charge >= 0.3 is 35.9 Å². The number of carboxylic acid groups (broad SMARTS) is 1. The summed E-state index contributed by atoms with van der Waals surface area (Å²) in [5, 5.41) is 21.5. The van der Waals surface area contributed by atoms with Crippen LogP contribution in [0, 0.1) is 45.4 Å². The summed E-state index contributed by atoms with van der Waals surface area (Å²) in [5.41, 5.74) is 7.06. The van der Waals surface area contributed by atoms with Crippen molar-refractivity contribution >= 4 is 60.8 Å². The first-order valence-electron chi connectivity index (χ1n) is 38.4. The molecule has 0 aliphatic carbocycles. The molecule has 4 aliphatic heterocycles. The number of halogens is 2. The number of aromatic carboxylic acids is 1. The van der Waals surface area contributed by atoms with Crippen LogP contribution in [0.15, 0.2) is 91.0 Å². The Bertz CT molecular complexity index is 3680. The zero-order chi connectivity index (χ0) is 81.1. The number of ether oxygens (including phenoxy) is 9. The molecule has 0 bridgehead atoms. The number of esters is 4. The largest absolute Gasteiger partial charge is 0.508 e. The van der Waals surface area contributed by atoms with E-state index in [1.807, 2.05) is 66.7 Å². The molecule has 0 atom stereocenters. The van der Waals surface area contributed by atoms with Gasteiger partial charge in [0, 0.05) is 131 Å². The lowest BCUT2D eigenvalue weighted by Gasteiger charge is -2.35. The number of benzene rings is 5. The predicted molar refractivity (Wildman–Crippen MR) is 444 cm³/mol. The number of phenols is 1. The minimum atomic E-state index is -0.904. The summed E-state index contributed by atoms with van der Waals surface area (Å²) in [6, 6.07) is 25.6. The van der Waals surface area contributed by atoms with Crippen LogP contribution in [0.25, 0.3) is 0 Å². The highest BCUT2D eigenvalue weighted by atomic mass is 35.5. The van der Waals surface area contributed by atoms with Gasteiger partial charge in [-0.15, -0.1) is 24.8 Å². The van der Waals surface area contributed by atoms with E-state index in [0.29, 0.717) is 83.7 Å². The highest BCUT2D eigenvalue weighted by molar-refractivity contribution is 5.91. The number of aryl methyl sites for hydroxylation is 5. The molecule has 0 radical (unpaired) electrons. The zero-order valence-electron chi connectivity index (χ0n) is 69.9. The van der Waals surface area contributed by atoms with E-state index in [0.717, 1.165) is 163 Å². The van der Waals surface area contributed by atoms with Crippen LogP contribution in [-0.2, 0) is 23.7 Å². The second-order valence-electron chi connectivity index (χ2n) is 31.5. The number of hydrogen-bond acceptors (Lipinski definition) is 23. The lowest BCUT2D eigenvalue weighted by molar-refractivity contribution is 0.0136. The minimum absolute atomic E-state index is 0. The van der Waals surface area contributed by atoms with Crippen molar-refractivity contribution in [3.8, 4) is 28.7 Å². The van der Waals surface area contributed by atoms with Gasteiger partial charge in [-0.05, 0) is 211 Å². The minimum Gasteiger partial charge on any atom is -0.508 e. The molecule has 4 saturated heterocycles. The zero-order valence-corrected chi connectivity index (χ0v) is 71.6. The quantitative estimate of drug-likeness (QED) is 0.0362. The Balaban J connectivity index is 0.000000368. The van der Waals surface area contributed by atoms with Crippen molar-refractivity contribution in [2.24, 2.45) is 10.8 Å². The SMILES string of the molecule is COC(=O)c1ccc(O)c(C)c1.COC(=O)c1ccc(OCCN2CCN(C(=O)OC(C)(C)C)CC2)c(C)c1.COC(=O)c1ccc(OCCN2CCN(CCC(C)(C)C)CC2)c(C)c1.COC(=O)c1ccc(OCCN2CCNCC2)c(C)c1.Cc1cc(C(=O)O)ccc1OCCN1CCN(CCC(C)(C)C)CC1.Cl.Cl. The molecule has 626 valence electrons. The van der Waals surface area contributed by atoms with Gasteiger partial charge in [-0.1, -0.05) is 41.5 Å². The average Bonchev–Trinajstić information content (AvgIpc) is 0.878. The summed E-state index contributed by atoms with van der Waals surface area (Å²) in [6.07, 6.45) is 2.23. The Morgan fingerprint density at radius 3 is 0.893 bits per heavy atom. The number of rotatable bonds is 25. The van der Waals surface area contributed by atoms with Gasteiger partial charge in [0.15, 0.2) is 0 Å². The normalized spacial score (nSPS) is 15.1. The van der Waals surface area contributed by atoms with E-state index >= 15 is 0 Å². The van der Waals surface area contributed by atoms with Gasteiger partial charge in [0.25, 0.3) is 0 Å². The van der Waals surface area contributed by atoms with Crippen LogP contribution < -0.4 is 24.3 Å². The molecule has 112 heavy (non-hydrogen) atoms. The molecular weight excluding hydrogens is 1480 g/mol. The van der Waals surface area contributed by atoms with Crippen LogP contribution in [0.2, 0.25) is 0 Å². The molecule has 25 nitrogen and oxygen atoms in total. The number of aromatic hydroxyl groups is 1. The lowest BCUT2D eigenvalue weighted by atomic mass is 9.92. The van der Waals surface area contributed by atoms with Crippen molar-refractivity contribution in [2.75, 3.05) is 199 Å². The number of amides is 1. The second kappa shape index (κ2) is 49.6. The fraction of sp³-hybridized carbons (Fsp3) is 0.576. The van der Waals surface area contributed by atoms with Crippen molar-refractivity contribution in [2.45, 2.75) is 115 Å². The second-order valence-corrected chi connectivity index (χ2v) is 31.5. The van der Waals surface area contributed by atoms with E-state index in [9.17, 15) is 28.8 Å². The first-order chi connectivity index (χ1) is 52.1. The van der Waals surface area contributed by atoms with Crippen LogP contribution in [0.4, 0.5) is 4.79 Å². The fourth-order valence-electron chi connectivity index (χ4n) is 12.0. The maximum Gasteiger partial charge on any atom is 0.410 e. The van der Waals surface area contributed by atoms with Gasteiger partial charge in [-0.25, -0.2) is 28.8 Å². The number of piperazine rings is 4. The maximum absolute atomic E-state index is 12.1. The van der Waals surface area contributed by atoms with Crippen molar-refractivity contribution in [1.29, 1.82) is 0 Å². The van der Waals surface area contributed by atoms with E-state index in [4.69, 9.17) is 48.1 Å². The molecule has 27 heteroatoms. The molecule has 0 spiro atoms. The molecule has 4 aliphatic rings. The number of nitrogens with zero attached hydrogens (tertiary/aromatic N) is 7. The molecule has 1 amide bonds.